The molecule has 0 unspecified atom stereocenters. The number of hydrogen-bond donors (Lipinski definition) is 2. The SMILES string of the molecule is O=C(NNc1ccccc1)c1ccc(Cl)c(S(=O)(=O)N2CCCCC2)c1. The Morgan fingerprint density at radius 2 is 1.69 bits per heavy atom. The molecule has 0 atom stereocenters. The Kier molecular flexibility index (Phi) is 5.80. The monoisotopic (exact) mass is 393 g/mol. The zero-order chi connectivity index (χ0) is 18.6. The molecule has 1 saturated heterocycles. The fourth-order valence-electron chi connectivity index (χ4n) is 2.81. The van der Waals surface area contributed by atoms with E-state index < -0.39 is 15.9 Å². The van der Waals surface area contributed by atoms with Crippen LogP contribution < -0.4 is 10.9 Å². The van der Waals surface area contributed by atoms with Gasteiger partial charge in [0.1, 0.15) is 4.90 Å². The van der Waals surface area contributed by atoms with E-state index in [0.29, 0.717) is 13.1 Å². The predicted molar refractivity (Wildman–Crippen MR) is 102 cm³/mol. The molecule has 1 fully saturated rings. The van der Waals surface area contributed by atoms with E-state index in [9.17, 15) is 13.2 Å². The van der Waals surface area contributed by atoms with E-state index in [2.05, 4.69) is 10.9 Å². The molecule has 2 aromatic rings. The van der Waals surface area contributed by atoms with Gasteiger partial charge in [0.05, 0.1) is 10.7 Å². The Labute approximate surface area is 158 Å². The smallest absolute Gasteiger partial charge is 0.269 e. The van der Waals surface area contributed by atoms with Gasteiger partial charge in [0, 0.05) is 18.7 Å². The number of piperidine rings is 1. The maximum atomic E-state index is 12.9. The maximum absolute atomic E-state index is 12.9. The highest BCUT2D eigenvalue weighted by atomic mass is 35.5. The van der Waals surface area contributed by atoms with Crippen LogP contribution in [0.5, 0.6) is 0 Å². The van der Waals surface area contributed by atoms with Gasteiger partial charge in [-0.15, -0.1) is 0 Å². The number of rotatable bonds is 5. The lowest BCUT2D eigenvalue weighted by Gasteiger charge is -2.26. The van der Waals surface area contributed by atoms with Crippen molar-refractivity contribution in [2.24, 2.45) is 0 Å². The van der Waals surface area contributed by atoms with E-state index in [-0.39, 0.29) is 15.5 Å². The topological polar surface area (TPSA) is 78.5 Å². The first kappa shape index (κ1) is 18.7. The van der Waals surface area contributed by atoms with Gasteiger partial charge in [0.2, 0.25) is 10.0 Å². The molecule has 0 saturated carbocycles. The summed E-state index contributed by atoms with van der Waals surface area (Å²) in [7, 11) is -3.71. The van der Waals surface area contributed by atoms with Gasteiger partial charge in [0.25, 0.3) is 5.91 Å². The van der Waals surface area contributed by atoms with Crippen molar-refractivity contribution in [3.63, 3.8) is 0 Å². The molecule has 1 amide bonds. The first-order valence-electron chi connectivity index (χ1n) is 8.39. The van der Waals surface area contributed by atoms with Crippen molar-refractivity contribution < 1.29 is 13.2 Å². The van der Waals surface area contributed by atoms with Crippen LogP contribution in [0.4, 0.5) is 5.69 Å². The summed E-state index contributed by atoms with van der Waals surface area (Å²) < 4.78 is 27.1. The number of carbonyl (C=O) groups is 1. The van der Waals surface area contributed by atoms with Gasteiger partial charge in [-0.3, -0.25) is 15.6 Å². The highest BCUT2D eigenvalue weighted by molar-refractivity contribution is 7.89. The number of hydrazine groups is 1. The first-order chi connectivity index (χ1) is 12.5. The van der Waals surface area contributed by atoms with Crippen LogP contribution in [0.1, 0.15) is 29.6 Å². The van der Waals surface area contributed by atoms with Crippen molar-refractivity contribution in [2.75, 3.05) is 18.5 Å². The lowest BCUT2D eigenvalue weighted by Crippen LogP contribution is -2.36. The molecule has 2 aromatic carbocycles. The Balaban J connectivity index is 1.79. The van der Waals surface area contributed by atoms with Gasteiger partial charge < -0.3 is 0 Å². The van der Waals surface area contributed by atoms with Crippen LogP contribution in [0.3, 0.4) is 0 Å². The standard InChI is InChI=1S/C18H20ClN3O3S/c19-16-10-9-14(18(23)21-20-15-7-3-1-4-8-15)13-17(16)26(24,25)22-11-5-2-6-12-22/h1,3-4,7-10,13,20H,2,5-6,11-12H2,(H,21,23). The summed E-state index contributed by atoms with van der Waals surface area (Å²) in [6, 6.07) is 13.4. The third-order valence-electron chi connectivity index (χ3n) is 4.22. The van der Waals surface area contributed by atoms with Crippen LogP contribution in [-0.2, 0) is 10.0 Å². The van der Waals surface area contributed by atoms with Crippen LogP contribution in [-0.4, -0.2) is 31.7 Å². The normalized spacial score (nSPS) is 15.4. The third-order valence-corrected chi connectivity index (χ3v) is 6.60. The van der Waals surface area contributed by atoms with Crippen molar-refractivity contribution in [1.29, 1.82) is 0 Å². The second-order valence-corrected chi connectivity index (χ2v) is 8.37. The van der Waals surface area contributed by atoms with E-state index >= 15 is 0 Å². The summed E-state index contributed by atoms with van der Waals surface area (Å²) in [6.07, 6.45) is 2.68. The zero-order valence-electron chi connectivity index (χ0n) is 14.1. The molecule has 1 heterocycles. The molecule has 0 radical (unpaired) electrons. The van der Waals surface area contributed by atoms with Crippen LogP contribution >= 0.6 is 11.6 Å². The van der Waals surface area contributed by atoms with Gasteiger partial charge in [-0.05, 0) is 43.2 Å². The van der Waals surface area contributed by atoms with E-state index in [4.69, 9.17) is 11.6 Å². The number of anilines is 1. The van der Waals surface area contributed by atoms with E-state index in [1.807, 2.05) is 18.2 Å². The first-order valence-corrected chi connectivity index (χ1v) is 10.2. The molecule has 138 valence electrons. The molecule has 0 aromatic heterocycles. The summed E-state index contributed by atoms with van der Waals surface area (Å²) in [4.78, 5) is 12.3. The summed E-state index contributed by atoms with van der Waals surface area (Å²) in [5.74, 6) is -0.444. The number of nitrogens with one attached hydrogen (secondary N) is 2. The largest absolute Gasteiger partial charge is 0.298 e. The molecular weight excluding hydrogens is 374 g/mol. The molecule has 2 N–H and O–H groups in total. The van der Waals surface area contributed by atoms with Crippen molar-refractivity contribution in [1.82, 2.24) is 9.73 Å². The molecule has 1 aliphatic rings. The number of benzene rings is 2. The maximum Gasteiger partial charge on any atom is 0.269 e. The quantitative estimate of drug-likeness (QED) is 0.764. The van der Waals surface area contributed by atoms with Crippen LogP contribution in [0.2, 0.25) is 5.02 Å². The summed E-state index contributed by atoms with van der Waals surface area (Å²) in [5, 5.41) is 0.114. The Morgan fingerprint density at radius 3 is 2.38 bits per heavy atom. The van der Waals surface area contributed by atoms with E-state index in [0.717, 1.165) is 24.9 Å². The second-order valence-electron chi connectivity index (χ2n) is 6.06. The third kappa shape index (κ3) is 4.17. The number of halogens is 1. The minimum absolute atomic E-state index is 0.0339. The lowest BCUT2D eigenvalue weighted by molar-refractivity contribution is 0.0962. The number of sulfonamides is 1. The van der Waals surface area contributed by atoms with Gasteiger partial charge >= 0.3 is 0 Å². The lowest BCUT2D eigenvalue weighted by atomic mass is 10.2. The second kappa shape index (κ2) is 8.07. The molecular formula is C18H20ClN3O3S. The number of nitrogens with zero attached hydrogens (tertiary/aromatic N) is 1. The fourth-order valence-corrected chi connectivity index (χ4v) is 4.83. The van der Waals surface area contributed by atoms with Crippen LogP contribution in [0, 0.1) is 0 Å². The number of hydrogen-bond acceptors (Lipinski definition) is 4. The number of carbonyl (C=O) groups excluding carboxylic acids is 1. The van der Waals surface area contributed by atoms with Crippen molar-refractivity contribution in [3.05, 3.63) is 59.1 Å². The zero-order valence-corrected chi connectivity index (χ0v) is 15.7. The molecule has 1 aliphatic heterocycles. The summed E-state index contributed by atoms with van der Waals surface area (Å²) >= 11 is 6.12. The molecule has 26 heavy (non-hydrogen) atoms. The number of amides is 1. The van der Waals surface area contributed by atoms with Crippen molar-refractivity contribution >= 4 is 33.2 Å². The highest BCUT2D eigenvalue weighted by Gasteiger charge is 2.28. The molecule has 0 bridgehead atoms. The molecule has 3 rings (SSSR count). The molecule has 6 nitrogen and oxygen atoms in total. The molecule has 0 spiro atoms. The average molecular weight is 394 g/mol. The minimum atomic E-state index is -3.71. The van der Waals surface area contributed by atoms with Gasteiger partial charge in [-0.2, -0.15) is 4.31 Å². The predicted octanol–water partition coefficient (Wildman–Crippen LogP) is 3.27. The van der Waals surface area contributed by atoms with Crippen LogP contribution in [0.15, 0.2) is 53.4 Å². The molecule has 0 aliphatic carbocycles. The van der Waals surface area contributed by atoms with E-state index in [1.165, 1.54) is 22.5 Å². The summed E-state index contributed by atoms with van der Waals surface area (Å²) in [6.45, 7) is 0.954. The fraction of sp³-hybridized carbons (Fsp3) is 0.278. The van der Waals surface area contributed by atoms with Gasteiger partial charge in [-0.1, -0.05) is 36.2 Å². The highest BCUT2D eigenvalue weighted by Crippen LogP contribution is 2.27. The average Bonchev–Trinajstić information content (AvgIpc) is 2.68. The Morgan fingerprint density at radius 1 is 1.00 bits per heavy atom. The Hall–Kier alpha value is -2.09. The van der Waals surface area contributed by atoms with Gasteiger partial charge in [-0.25, -0.2) is 8.42 Å². The minimum Gasteiger partial charge on any atom is -0.298 e. The van der Waals surface area contributed by atoms with Crippen LogP contribution in [0.25, 0.3) is 0 Å². The summed E-state index contributed by atoms with van der Waals surface area (Å²) in [5.41, 5.74) is 6.27. The Bertz CT molecular complexity index is 882. The van der Waals surface area contributed by atoms with Crippen molar-refractivity contribution in [3.8, 4) is 0 Å². The molecule has 8 heteroatoms. The number of para-hydroxylation sites is 1. The van der Waals surface area contributed by atoms with E-state index in [1.54, 1.807) is 12.1 Å². The van der Waals surface area contributed by atoms with Crippen molar-refractivity contribution in [2.45, 2.75) is 24.2 Å². The van der Waals surface area contributed by atoms with Gasteiger partial charge in [0.15, 0.2) is 0 Å².